The Hall–Kier alpha value is 0.0538. The minimum Gasteiger partial charge on any atom is -0.414 e. The summed E-state index contributed by atoms with van der Waals surface area (Å²) in [5, 5.41) is 11.1. The number of rotatable bonds is 5. The molecule has 1 N–H and O–H groups in total. The second-order valence-corrected chi connectivity index (χ2v) is 26.9. The first-order valence-electron chi connectivity index (χ1n) is 15.9. The lowest BCUT2D eigenvalue weighted by Crippen LogP contribution is -2.60. The predicted molar refractivity (Wildman–Crippen MR) is 166 cm³/mol. The molecule has 0 aromatic carbocycles. The van der Waals surface area contributed by atoms with E-state index in [4.69, 9.17) is 8.85 Å². The van der Waals surface area contributed by atoms with Crippen LogP contribution in [0.3, 0.4) is 0 Å². The van der Waals surface area contributed by atoms with Gasteiger partial charge in [-0.05, 0) is 117 Å². The van der Waals surface area contributed by atoms with E-state index in [1.165, 1.54) is 32.1 Å². The summed E-state index contributed by atoms with van der Waals surface area (Å²) in [6.45, 7) is 31.1. The number of fused-ring (bicyclic) bond motifs is 5. The minimum absolute atomic E-state index is 0.0932. The van der Waals surface area contributed by atoms with Gasteiger partial charge in [0.25, 0.3) is 0 Å². The van der Waals surface area contributed by atoms with Gasteiger partial charge in [0.15, 0.2) is 16.6 Å². The molecule has 3 saturated carbocycles. The molecule has 0 aliphatic heterocycles. The smallest absolute Gasteiger partial charge is 0.192 e. The summed E-state index contributed by atoms with van der Waals surface area (Å²) in [5.74, 6) is 2.58. The second-order valence-electron chi connectivity index (χ2n) is 17.4. The van der Waals surface area contributed by atoms with Crippen LogP contribution in [0.25, 0.3) is 0 Å². The van der Waals surface area contributed by atoms with Crippen molar-refractivity contribution >= 4 is 16.6 Å². The van der Waals surface area contributed by atoms with Crippen LogP contribution in [-0.2, 0) is 8.85 Å². The molecule has 0 aromatic rings. The fourth-order valence-corrected chi connectivity index (χ4v) is 11.6. The highest BCUT2D eigenvalue weighted by Gasteiger charge is 2.62. The van der Waals surface area contributed by atoms with Gasteiger partial charge in [0.05, 0.1) is 18.3 Å². The average molecular weight is 563 g/mol. The molecule has 4 aliphatic rings. The molecule has 0 amide bonds. The lowest BCUT2D eigenvalue weighted by Gasteiger charge is -2.61. The molecule has 5 heteroatoms. The molecule has 0 bridgehead atoms. The zero-order chi connectivity index (χ0) is 28.7. The maximum Gasteiger partial charge on any atom is 0.192 e. The van der Waals surface area contributed by atoms with Crippen molar-refractivity contribution in [3.8, 4) is 0 Å². The third-order valence-corrected chi connectivity index (χ3v) is 22.3. The Morgan fingerprint density at radius 2 is 1.47 bits per heavy atom. The maximum atomic E-state index is 10.7. The van der Waals surface area contributed by atoms with E-state index in [0.717, 1.165) is 24.7 Å². The Balaban J connectivity index is 1.71. The van der Waals surface area contributed by atoms with E-state index < -0.39 is 16.6 Å². The summed E-state index contributed by atoms with van der Waals surface area (Å²) in [5.41, 5.74) is 2.02. The molecule has 4 rings (SSSR count). The van der Waals surface area contributed by atoms with E-state index in [9.17, 15) is 5.11 Å². The largest absolute Gasteiger partial charge is 0.414 e. The number of aliphatic hydroxyl groups is 1. The van der Waals surface area contributed by atoms with Gasteiger partial charge >= 0.3 is 0 Å². The van der Waals surface area contributed by atoms with Crippen LogP contribution >= 0.6 is 0 Å². The molecule has 4 aliphatic carbocycles. The van der Waals surface area contributed by atoms with Crippen molar-refractivity contribution in [2.45, 2.75) is 162 Å². The first-order valence-corrected chi connectivity index (χ1v) is 21.7. The van der Waals surface area contributed by atoms with E-state index >= 15 is 0 Å². The van der Waals surface area contributed by atoms with Crippen LogP contribution in [0.15, 0.2) is 11.6 Å². The first-order chi connectivity index (χ1) is 17.1. The van der Waals surface area contributed by atoms with Crippen molar-refractivity contribution < 1.29 is 14.0 Å². The minimum atomic E-state index is -1.97. The van der Waals surface area contributed by atoms with Crippen molar-refractivity contribution in [3.05, 3.63) is 11.6 Å². The summed E-state index contributed by atoms with van der Waals surface area (Å²) < 4.78 is 14.6. The van der Waals surface area contributed by atoms with Crippen molar-refractivity contribution in [2.24, 2.45) is 34.5 Å². The van der Waals surface area contributed by atoms with Gasteiger partial charge in [0.2, 0.25) is 0 Å². The molecule has 0 saturated heterocycles. The van der Waals surface area contributed by atoms with Crippen LogP contribution in [-0.4, -0.2) is 40.1 Å². The molecule has 38 heavy (non-hydrogen) atoms. The van der Waals surface area contributed by atoms with Gasteiger partial charge in [-0.3, -0.25) is 0 Å². The van der Waals surface area contributed by atoms with E-state index in [1.54, 1.807) is 5.57 Å². The summed E-state index contributed by atoms with van der Waals surface area (Å²) in [6.07, 6.45) is 11.3. The highest BCUT2D eigenvalue weighted by Crippen LogP contribution is 2.67. The van der Waals surface area contributed by atoms with Gasteiger partial charge in [0.1, 0.15) is 0 Å². The monoisotopic (exact) mass is 562 g/mol. The average Bonchev–Trinajstić information content (AvgIpc) is 3.10. The number of hydrogen-bond donors (Lipinski definition) is 1. The summed E-state index contributed by atoms with van der Waals surface area (Å²) in [6, 6.07) is 0. The Labute approximate surface area is 238 Å². The fraction of sp³-hybridized carbons (Fsp3) is 0.939. The first kappa shape index (κ1) is 31.0. The Morgan fingerprint density at radius 3 is 2.03 bits per heavy atom. The predicted octanol–water partition coefficient (Wildman–Crippen LogP) is 9.34. The molecule has 0 spiro atoms. The van der Waals surface area contributed by atoms with Crippen LogP contribution in [0.4, 0.5) is 0 Å². The van der Waals surface area contributed by atoms with Crippen LogP contribution in [0, 0.1) is 34.5 Å². The third-order valence-electron chi connectivity index (χ3n) is 13.3. The standard InChI is InChI=1S/C33H62O3Si2/c1-22(34)26-16-17-27-25-15-14-23-20-24(35-37(10,11)30(2,3)4)21-29(36-38(12,13)31(5,6)7)33(23,9)28(25)18-19-32(26,27)8/h14,22,24-29,34H,15-21H2,1-13H3/t22-,24+,25?,26+,27?,28?,29-,32+,33-/m0/s1. The second kappa shape index (κ2) is 9.81. The van der Waals surface area contributed by atoms with Gasteiger partial charge in [-0.25, -0.2) is 0 Å². The summed E-state index contributed by atoms with van der Waals surface area (Å²) in [4.78, 5) is 0. The molecule has 0 heterocycles. The summed E-state index contributed by atoms with van der Waals surface area (Å²) >= 11 is 0. The molecule has 0 radical (unpaired) electrons. The molecular weight excluding hydrogens is 501 g/mol. The maximum absolute atomic E-state index is 10.7. The Bertz CT molecular complexity index is 910. The van der Waals surface area contributed by atoms with Crippen LogP contribution < -0.4 is 0 Å². The van der Waals surface area contributed by atoms with E-state index in [-0.39, 0.29) is 39.2 Å². The van der Waals surface area contributed by atoms with Crippen LogP contribution in [0.1, 0.15) is 107 Å². The highest BCUT2D eigenvalue weighted by atomic mass is 28.4. The fourth-order valence-electron chi connectivity index (χ4n) is 8.88. The molecule has 3 fully saturated rings. The molecular formula is C33H62O3Si2. The van der Waals surface area contributed by atoms with Crippen molar-refractivity contribution in [1.82, 2.24) is 0 Å². The lowest BCUT2D eigenvalue weighted by molar-refractivity contribution is -0.106. The molecule has 3 unspecified atom stereocenters. The number of aliphatic hydroxyl groups excluding tert-OH is 1. The molecule has 0 aromatic heterocycles. The van der Waals surface area contributed by atoms with Crippen LogP contribution in [0.2, 0.25) is 36.3 Å². The van der Waals surface area contributed by atoms with Crippen molar-refractivity contribution in [3.63, 3.8) is 0 Å². The number of allylic oxidation sites excluding steroid dienone is 1. The van der Waals surface area contributed by atoms with Crippen molar-refractivity contribution in [2.75, 3.05) is 0 Å². The van der Waals surface area contributed by atoms with Gasteiger partial charge < -0.3 is 14.0 Å². The SMILES string of the molecule is C[C@H](O)[C@H]1CCC2C3CC=C4C[C@@H](O[Si](C)(C)C(C)(C)C)C[C@H](O[Si](C)(C)C(C)(C)C)[C@]4(C)C3CC[C@@]21C. The summed E-state index contributed by atoms with van der Waals surface area (Å²) in [7, 11) is -3.84. The van der Waals surface area contributed by atoms with Crippen molar-refractivity contribution in [1.29, 1.82) is 0 Å². The zero-order valence-electron chi connectivity index (χ0n) is 27.3. The number of hydrogen-bond acceptors (Lipinski definition) is 3. The van der Waals surface area contributed by atoms with Gasteiger partial charge in [-0.1, -0.05) is 67.0 Å². The zero-order valence-corrected chi connectivity index (χ0v) is 29.3. The van der Waals surface area contributed by atoms with Gasteiger partial charge in [-0.15, -0.1) is 0 Å². The van der Waals surface area contributed by atoms with Gasteiger partial charge in [0, 0.05) is 5.41 Å². The van der Waals surface area contributed by atoms with E-state index in [1.807, 2.05) is 6.92 Å². The molecule has 9 atom stereocenters. The lowest BCUT2D eigenvalue weighted by atomic mass is 9.46. The van der Waals surface area contributed by atoms with Crippen LogP contribution in [0.5, 0.6) is 0 Å². The molecule has 220 valence electrons. The van der Waals surface area contributed by atoms with E-state index in [0.29, 0.717) is 11.8 Å². The molecule has 3 nitrogen and oxygen atoms in total. The topological polar surface area (TPSA) is 38.7 Å². The third kappa shape index (κ3) is 5.01. The van der Waals surface area contributed by atoms with Gasteiger partial charge in [-0.2, -0.15) is 0 Å². The Morgan fingerprint density at radius 1 is 0.895 bits per heavy atom. The quantitative estimate of drug-likeness (QED) is 0.268. The Kier molecular flexibility index (Phi) is 8.01. The normalized spacial score (nSPS) is 41.2. The highest BCUT2D eigenvalue weighted by molar-refractivity contribution is 6.74. The van der Waals surface area contributed by atoms with E-state index in [2.05, 4.69) is 87.7 Å².